The SMILES string of the molecule is O=C(c1ccccc1)c1ccc(-c2ccccc2)[n+](-c2ccccc2)c1. The summed E-state index contributed by atoms with van der Waals surface area (Å²) in [6, 6.07) is 33.6. The number of rotatable bonds is 4. The molecule has 0 spiro atoms. The lowest BCUT2D eigenvalue weighted by atomic mass is 10.0. The van der Waals surface area contributed by atoms with E-state index < -0.39 is 0 Å². The summed E-state index contributed by atoms with van der Waals surface area (Å²) in [5, 5.41) is 0. The van der Waals surface area contributed by atoms with Gasteiger partial charge in [-0.1, -0.05) is 66.7 Å². The van der Waals surface area contributed by atoms with Crippen LogP contribution in [0.5, 0.6) is 0 Å². The van der Waals surface area contributed by atoms with E-state index >= 15 is 0 Å². The Morgan fingerprint density at radius 2 is 1.15 bits per heavy atom. The molecule has 124 valence electrons. The molecule has 1 heterocycles. The van der Waals surface area contributed by atoms with Gasteiger partial charge in [-0.15, -0.1) is 0 Å². The van der Waals surface area contributed by atoms with Gasteiger partial charge in [0.25, 0.3) is 0 Å². The summed E-state index contributed by atoms with van der Waals surface area (Å²) in [4.78, 5) is 12.9. The highest BCUT2D eigenvalue weighted by Crippen LogP contribution is 2.18. The van der Waals surface area contributed by atoms with Gasteiger partial charge in [-0.2, -0.15) is 4.57 Å². The molecule has 0 fully saturated rings. The van der Waals surface area contributed by atoms with Gasteiger partial charge >= 0.3 is 0 Å². The first-order valence-electron chi connectivity index (χ1n) is 8.59. The molecule has 26 heavy (non-hydrogen) atoms. The largest absolute Gasteiger partial charge is 0.288 e. The topological polar surface area (TPSA) is 20.9 Å². The van der Waals surface area contributed by atoms with Crippen LogP contribution >= 0.6 is 0 Å². The van der Waals surface area contributed by atoms with Gasteiger partial charge in [0.2, 0.25) is 11.4 Å². The van der Waals surface area contributed by atoms with Crippen molar-refractivity contribution in [2.75, 3.05) is 0 Å². The van der Waals surface area contributed by atoms with Crippen LogP contribution in [0.25, 0.3) is 16.9 Å². The van der Waals surface area contributed by atoms with Crippen molar-refractivity contribution < 1.29 is 9.36 Å². The molecule has 1 aromatic heterocycles. The molecule has 0 saturated carbocycles. The first-order chi connectivity index (χ1) is 12.8. The molecule has 0 aliphatic carbocycles. The van der Waals surface area contributed by atoms with E-state index in [1.165, 1.54) is 0 Å². The van der Waals surface area contributed by atoms with Crippen molar-refractivity contribution in [2.24, 2.45) is 0 Å². The van der Waals surface area contributed by atoms with Crippen LogP contribution in [-0.2, 0) is 0 Å². The van der Waals surface area contributed by atoms with E-state index in [4.69, 9.17) is 0 Å². The molecule has 4 aromatic rings. The van der Waals surface area contributed by atoms with Crippen LogP contribution in [0.3, 0.4) is 0 Å². The van der Waals surface area contributed by atoms with Gasteiger partial charge in [0.1, 0.15) is 0 Å². The number of ketones is 1. The Bertz CT molecular complexity index is 1030. The number of carbonyl (C=O) groups is 1. The highest BCUT2D eigenvalue weighted by molar-refractivity contribution is 6.08. The van der Waals surface area contributed by atoms with Crippen LogP contribution in [0.4, 0.5) is 0 Å². The quantitative estimate of drug-likeness (QED) is 0.385. The molecular formula is C24H18NO+. The van der Waals surface area contributed by atoms with E-state index in [0.717, 1.165) is 16.9 Å². The summed E-state index contributed by atoms with van der Waals surface area (Å²) >= 11 is 0. The van der Waals surface area contributed by atoms with E-state index in [9.17, 15) is 4.79 Å². The number of aromatic nitrogens is 1. The summed E-state index contributed by atoms with van der Waals surface area (Å²) in [6.45, 7) is 0. The Morgan fingerprint density at radius 3 is 1.81 bits per heavy atom. The summed E-state index contributed by atoms with van der Waals surface area (Å²) in [5.41, 5.74) is 4.53. The van der Waals surface area contributed by atoms with Crippen molar-refractivity contribution in [1.29, 1.82) is 0 Å². The third kappa shape index (κ3) is 3.17. The molecule has 2 heteroatoms. The smallest absolute Gasteiger partial charge is 0.218 e. The average molecular weight is 336 g/mol. The zero-order chi connectivity index (χ0) is 17.8. The molecular weight excluding hydrogens is 318 g/mol. The van der Waals surface area contributed by atoms with Crippen LogP contribution in [0, 0.1) is 0 Å². The summed E-state index contributed by atoms with van der Waals surface area (Å²) in [7, 11) is 0. The Kier molecular flexibility index (Phi) is 4.40. The van der Waals surface area contributed by atoms with Crippen LogP contribution in [0.1, 0.15) is 15.9 Å². The first-order valence-corrected chi connectivity index (χ1v) is 8.59. The lowest BCUT2D eigenvalue weighted by Crippen LogP contribution is -2.34. The van der Waals surface area contributed by atoms with Crippen molar-refractivity contribution in [2.45, 2.75) is 0 Å². The van der Waals surface area contributed by atoms with Crippen molar-refractivity contribution >= 4 is 5.78 Å². The molecule has 0 N–H and O–H groups in total. The third-order valence-electron chi connectivity index (χ3n) is 4.35. The molecule has 2 nitrogen and oxygen atoms in total. The lowest BCUT2D eigenvalue weighted by molar-refractivity contribution is -0.584. The number of hydrogen-bond acceptors (Lipinski definition) is 1. The van der Waals surface area contributed by atoms with Gasteiger partial charge in [-0.05, 0) is 18.2 Å². The normalized spacial score (nSPS) is 10.5. The van der Waals surface area contributed by atoms with Crippen LogP contribution in [0.15, 0.2) is 109 Å². The molecule has 0 saturated heterocycles. The third-order valence-corrected chi connectivity index (χ3v) is 4.35. The summed E-state index contributed by atoms with van der Waals surface area (Å²) < 4.78 is 2.07. The zero-order valence-electron chi connectivity index (χ0n) is 14.2. The number of hydrogen-bond donors (Lipinski definition) is 0. The molecule has 4 rings (SSSR count). The summed E-state index contributed by atoms with van der Waals surface area (Å²) in [5.74, 6) is 0.0230. The Hall–Kier alpha value is -3.52. The van der Waals surface area contributed by atoms with E-state index in [0.29, 0.717) is 11.1 Å². The van der Waals surface area contributed by atoms with Crippen LogP contribution < -0.4 is 4.57 Å². The fourth-order valence-corrected chi connectivity index (χ4v) is 3.04. The van der Waals surface area contributed by atoms with Gasteiger partial charge in [0.05, 0.1) is 5.56 Å². The van der Waals surface area contributed by atoms with Crippen molar-refractivity contribution in [3.8, 4) is 16.9 Å². The molecule has 0 aliphatic heterocycles. The minimum absolute atomic E-state index is 0.0230. The van der Waals surface area contributed by atoms with Crippen molar-refractivity contribution in [1.82, 2.24) is 0 Å². The molecule has 3 aromatic carbocycles. The highest BCUT2D eigenvalue weighted by atomic mass is 16.1. The summed E-state index contributed by atoms with van der Waals surface area (Å²) in [6.07, 6.45) is 1.92. The monoisotopic (exact) mass is 336 g/mol. The second-order valence-electron chi connectivity index (χ2n) is 6.07. The van der Waals surface area contributed by atoms with E-state index in [2.05, 4.69) is 16.7 Å². The molecule has 0 amide bonds. The Morgan fingerprint density at radius 1 is 0.577 bits per heavy atom. The van der Waals surface area contributed by atoms with Gasteiger partial charge < -0.3 is 0 Å². The number of pyridine rings is 1. The lowest BCUT2D eigenvalue weighted by Gasteiger charge is -2.06. The first kappa shape index (κ1) is 16.0. The van der Waals surface area contributed by atoms with E-state index in [-0.39, 0.29) is 5.78 Å². The minimum Gasteiger partial charge on any atom is -0.288 e. The minimum atomic E-state index is 0.0230. The molecule has 0 unspecified atom stereocenters. The number of para-hydroxylation sites is 1. The molecule has 0 aliphatic rings. The fourth-order valence-electron chi connectivity index (χ4n) is 3.04. The van der Waals surface area contributed by atoms with Crippen molar-refractivity contribution in [3.05, 3.63) is 120 Å². The highest BCUT2D eigenvalue weighted by Gasteiger charge is 2.20. The second kappa shape index (κ2) is 7.16. The van der Waals surface area contributed by atoms with E-state index in [1.807, 2.05) is 97.2 Å². The van der Waals surface area contributed by atoms with E-state index in [1.54, 1.807) is 0 Å². The second-order valence-corrected chi connectivity index (χ2v) is 6.07. The molecule has 0 atom stereocenters. The maximum absolute atomic E-state index is 12.9. The average Bonchev–Trinajstić information content (AvgIpc) is 2.75. The van der Waals surface area contributed by atoms with Crippen LogP contribution in [-0.4, -0.2) is 5.78 Å². The predicted molar refractivity (Wildman–Crippen MR) is 103 cm³/mol. The maximum atomic E-state index is 12.9. The number of benzene rings is 3. The molecule has 0 radical (unpaired) electrons. The standard InChI is InChI=1S/C24H18NO/c26-24(20-12-6-2-7-13-20)21-16-17-23(19-10-4-1-5-11-19)25(18-21)22-14-8-3-9-15-22/h1-18H/q+1. The number of carbonyl (C=O) groups excluding carboxylic acids is 1. The van der Waals surface area contributed by atoms with Crippen molar-refractivity contribution in [3.63, 3.8) is 0 Å². The molecule has 0 bridgehead atoms. The maximum Gasteiger partial charge on any atom is 0.218 e. The van der Waals surface area contributed by atoms with Gasteiger partial charge in [0, 0.05) is 29.3 Å². The van der Waals surface area contributed by atoms with Gasteiger partial charge in [0.15, 0.2) is 12.0 Å². The van der Waals surface area contributed by atoms with Crippen LogP contribution in [0.2, 0.25) is 0 Å². The van der Waals surface area contributed by atoms with Gasteiger partial charge in [-0.3, -0.25) is 4.79 Å². The van der Waals surface area contributed by atoms with Gasteiger partial charge in [-0.25, -0.2) is 0 Å². The zero-order valence-corrected chi connectivity index (χ0v) is 14.2. The Labute approximate surface area is 153 Å². The fraction of sp³-hybridized carbons (Fsp3) is 0. The Balaban J connectivity index is 1.86. The number of nitrogens with zero attached hydrogens (tertiary/aromatic N) is 1. The predicted octanol–water partition coefficient (Wildman–Crippen LogP) is 4.86.